The highest BCUT2D eigenvalue weighted by Gasteiger charge is 2.30. The topological polar surface area (TPSA) is 124 Å². The quantitative estimate of drug-likeness (QED) is 0.340. The molecular weight excluding hydrogens is 512 g/mol. The van der Waals surface area contributed by atoms with Gasteiger partial charge in [-0.1, -0.05) is 24.3 Å². The molecule has 0 spiro atoms. The first-order valence-corrected chi connectivity index (χ1v) is 13.0. The van der Waals surface area contributed by atoms with Crippen molar-refractivity contribution >= 4 is 26.9 Å². The highest BCUT2D eigenvalue weighted by atomic mass is 32.2. The van der Waals surface area contributed by atoms with Gasteiger partial charge in [-0.25, -0.2) is 13.2 Å². The molecule has 11 heteroatoms. The number of sulfonamides is 1. The zero-order valence-electron chi connectivity index (χ0n) is 20.6. The van der Waals surface area contributed by atoms with Gasteiger partial charge in [0.1, 0.15) is 5.75 Å². The highest BCUT2D eigenvalue weighted by molar-refractivity contribution is 7.89. The first-order valence-electron chi connectivity index (χ1n) is 11.6. The summed E-state index contributed by atoms with van der Waals surface area (Å²) in [4.78, 5) is 28.0. The molecule has 5 rings (SSSR count). The van der Waals surface area contributed by atoms with Crippen LogP contribution in [0.3, 0.4) is 0 Å². The van der Waals surface area contributed by atoms with E-state index >= 15 is 0 Å². The number of methoxy groups -OCH3 is 2. The predicted molar refractivity (Wildman–Crippen MR) is 138 cm³/mol. The SMILES string of the molecule is COC(=O)c1ccccc1S(=O)(=O)N(Cc1ccc(OC)cc1)Cc1cc2cc3c(cc2[nH]c1=O)OCO3. The minimum Gasteiger partial charge on any atom is -0.497 e. The standard InChI is InChI=1S/C27H24N2O8S/c1-34-20-9-7-17(8-10-20)14-29(38(32,33)25-6-4-3-5-21(25)27(31)35-2)15-19-11-18-12-23-24(37-16-36-23)13-22(18)28-26(19)30/h3-13H,14-16H2,1-2H3,(H,28,30). The summed E-state index contributed by atoms with van der Waals surface area (Å²) in [6.45, 7) is -0.250. The number of hydrogen-bond acceptors (Lipinski definition) is 8. The molecular formula is C27H24N2O8S. The molecule has 0 amide bonds. The number of nitrogens with one attached hydrogen (secondary N) is 1. The summed E-state index contributed by atoms with van der Waals surface area (Å²) in [5.74, 6) is 0.881. The molecule has 0 radical (unpaired) electrons. The number of carbonyl (C=O) groups is 1. The molecule has 0 saturated carbocycles. The van der Waals surface area contributed by atoms with E-state index in [9.17, 15) is 18.0 Å². The number of H-pyrrole nitrogens is 1. The van der Waals surface area contributed by atoms with Gasteiger partial charge in [0.05, 0.1) is 30.2 Å². The zero-order chi connectivity index (χ0) is 26.9. The van der Waals surface area contributed by atoms with Crippen molar-refractivity contribution < 1.29 is 32.2 Å². The van der Waals surface area contributed by atoms with Crippen molar-refractivity contribution in [3.63, 3.8) is 0 Å². The number of nitrogens with zero attached hydrogens (tertiary/aromatic N) is 1. The van der Waals surface area contributed by atoms with Crippen LogP contribution in [-0.2, 0) is 27.8 Å². The van der Waals surface area contributed by atoms with Crippen molar-refractivity contribution in [1.29, 1.82) is 0 Å². The maximum absolute atomic E-state index is 14.0. The molecule has 196 valence electrons. The van der Waals surface area contributed by atoms with E-state index in [1.807, 2.05) is 0 Å². The normalized spacial score (nSPS) is 12.6. The van der Waals surface area contributed by atoms with Crippen molar-refractivity contribution in [2.45, 2.75) is 18.0 Å². The molecule has 1 aliphatic heterocycles. The minimum absolute atomic E-state index is 0.0690. The molecule has 0 fully saturated rings. The van der Waals surface area contributed by atoms with Crippen LogP contribution >= 0.6 is 0 Å². The number of aromatic nitrogens is 1. The van der Waals surface area contributed by atoms with Gasteiger partial charge in [0.2, 0.25) is 16.8 Å². The molecule has 1 aliphatic rings. The number of aromatic amines is 1. The molecule has 3 aromatic carbocycles. The maximum Gasteiger partial charge on any atom is 0.339 e. The lowest BCUT2D eigenvalue weighted by atomic mass is 10.1. The Bertz CT molecular complexity index is 1680. The maximum atomic E-state index is 14.0. The second kappa shape index (κ2) is 10.2. The van der Waals surface area contributed by atoms with Gasteiger partial charge in [0.15, 0.2) is 11.5 Å². The van der Waals surface area contributed by atoms with Crippen LogP contribution in [0.15, 0.2) is 76.4 Å². The minimum atomic E-state index is -4.27. The molecule has 2 heterocycles. The Morgan fingerprint density at radius 3 is 2.39 bits per heavy atom. The van der Waals surface area contributed by atoms with Gasteiger partial charge in [-0.15, -0.1) is 0 Å². The van der Waals surface area contributed by atoms with Crippen LogP contribution in [0.1, 0.15) is 21.5 Å². The van der Waals surface area contributed by atoms with Crippen LogP contribution < -0.4 is 19.8 Å². The summed E-state index contributed by atoms with van der Waals surface area (Å²) in [5.41, 5.74) is 0.848. The average molecular weight is 537 g/mol. The summed E-state index contributed by atoms with van der Waals surface area (Å²) in [7, 11) is -1.56. The number of fused-ring (bicyclic) bond motifs is 2. The van der Waals surface area contributed by atoms with Gasteiger partial charge >= 0.3 is 5.97 Å². The molecule has 0 unspecified atom stereocenters. The number of hydrogen-bond donors (Lipinski definition) is 1. The molecule has 38 heavy (non-hydrogen) atoms. The first-order chi connectivity index (χ1) is 18.3. The monoisotopic (exact) mass is 536 g/mol. The van der Waals surface area contributed by atoms with E-state index in [4.69, 9.17) is 18.9 Å². The van der Waals surface area contributed by atoms with Gasteiger partial charge in [-0.3, -0.25) is 4.79 Å². The molecule has 0 saturated heterocycles. The number of rotatable bonds is 8. The Kier molecular flexibility index (Phi) is 6.79. The number of pyridine rings is 1. The first kappa shape index (κ1) is 25.3. The van der Waals surface area contributed by atoms with E-state index < -0.39 is 21.6 Å². The van der Waals surface area contributed by atoms with Crippen molar-refractivity contribution in [3.05, 3.63) is 93.8 Å². The molecule has 1 N–H and O–H groups in total. The Labute approximate surface area is 218 Å². The van der Waals surface area contributed by atoms with Gasteiger partial charge in [-0.05, 0) is 42.0 Å². The van der Waals surface area contributed by atoms with Gasteiger partial charge < -0.3 is 23.9 Å². The lowest BCUT2D eigenvalue weighted by molar-refractivity contribution is 0.0596. The van der Waals surface area contributed by atoms with Crippen LogP contribution in [0.5, 0.6) is 17.2 Å². The fourth-order valence-electron chi connectivity index (χ4n) is 4.22. The van der Waals surface area contributed by atoms with Crippen molar-refractivity contribution in [3.8, 4) is 17.2 Å². The molecule has 1 aromatic heterocycles. The van der Waals surface area contributed by atoms with Crippen molar-refractivity contribution in [2.24, 2.45) is 0 Å². The van der Waals surface area contributed by atoms with E-state index in [0.717, 1.165) is 4.31 Å². The zero-order valence-corrected chi connectivity index (χ0v) is 21.4. The summed E-state index contributed by atoms with van der Waals surface area (Å²) in [6, 6.07) is 17.7. The molecule has 0 atom stereocenters. The van der Waals surface area contributed by atoms with Crippen molar-refractivity contribution in [2.75, 3.05) is 21.0 Å². The number of esters is 1. The van der Waals surface area contributed by atoms with E-state index in [-0.39, 0.29) is 35.9 Å². The van der Waals surface area contributed by atoms with Gasteiger partial charge in [0, 0.05) is 30.1 Å². The molecule has 0 aliphatic carbocycles. The second-order valence-corrected chi connectivity index (χ2v) is 10.4. The molecule has 4 aromatic rings. The summed E-state index contributed by atoms with van der Waals surface area (Å²) in [5, 5.41) is 0.653. The lowest BCUT2D eigenvalue weighted by Crippen LogP contribution is -2.33. The third-order valence-electron chi connectivity index (χ3n) is 6.19. The fourth-order valence-corrected chi connectivity index (χ4v) is 5.80. The Balaban J connectivity index is 1.59. The number of benzene rings is 3. The summed E-state index contributed by atoms with van der Waals surface area (Å²) >= 11 is 0. The average Bonchev–Trinajstić information content (AvgIpc) is 3.39. The van der Waals surface area contributed by atoms with Gasteiger partial charge in [-0.2, -0.15) is 4.31 Å². The van der Waals surface area contributed by atoms with Crippen LogP contribution in [-0.4, -0.2) is 44.7 Å². The second-order valence-electron chi connectivity index (χ2n) is 8.53. The third-order valence-corrected chi connectivity index (χ3v) is 8.04. The van der Waals surface area contributed by atoms with Gasteiger partial charge in [0.25, 0.3) is 5.56 Å². The summed E-state index contributed by atoms with van der Waals surface area (Å²) in [6.07, 6.45) is 0. The smallest absolute Gasteiger partial charge is 0.339 e. The highest BCUT2D eigenvalue weighted by Crippen LogP contribution is 2.35. The number of ether oxygens (including phenoxy) is 4. The van der Waals surface area contributed by atoms with E-state index in [1.165, 1.54) is 32.4 Å². The summed E-state index contributed by atoms with van der Waals surface area (Å²) < 4.78 is 49.9. The van der Waals surface area contributed by atoms with Crippen LogP contribution in [0.2, 0.25) is 0 Å². The van der Waals surface area contributed by atoms with Crippen LogP contribution in [0.25, 0.3) is 10.9 Å². The Hall–Kier alpha value is -4.35. The lowest BCUT2D eigenvalue weighted by Gasteiger charge is -2.23. The number of carbonyl (C=O) groups excluding carboxylic acids is 1. The Morgan fingerprint density at radius 1 is 0.974 bits per heavy atom. The fraction of sp³-hybridized carbons (Fsp3) is 0.185. The predicted octanol–water partition coefficient (Wildman–Crippen LogP) is 3.44. The Morgan fingerprint density at radius 2 is 1.68 bits per heavy atom. The largest absolute Gasteiger partial charge is 0.497 e. The van der Waals surface area contributed by atoms with Crippen molar-refractivity contribution in [1.82, 2.24) is 9.29 Å². The molecule has 0 bridgehead atoms. The van der Waals surface area contributed by atoms with E-state index in [2.05, 4.69) is 4.98 Å². The molecule has 10 nitrogen and oxygen atoms in total. The van der Waals surface area contributed by atoms with E-state index in [0.29, 0.717) is 33.7 Å². The van der Waals surface area contributed by atoms with Crippen LogP contribution in [0, 0.1) is 0 Å². The third kappa shape index (κ3) is 4.81. The van der Waals surface area contributed by atoms with Crippen LogP contribution in [0.4, 0.5) is 0 Å². The van der Waals surface area contributed by atoms with E-state index in [1.54, 1.807) is 48.5 Å².